The van der Waals surface area contributed by atoms with Gasteiger partial charge in [-0.2, -0.15) is 0 Å². The van der Waals surface area contributed by atoms with E-state index in [2.05, 4.69) is 0 Å². The molecule has 0 saturated heterocycles. The topological polar surface area (TPSA) is 139 Å². The third-order valence-corrected chi connectivity index (χ3v) is 4.60. The number of ether oxygens (including phenoxy) is 4. The second-order valence-corrected chi connectivity index (χ2v) is 7.53. The summed E-state index contributed by atoms with van der Waals surface area (Å²) in [5.74, 6) is -1.95. The molecule has 0 aliphatic heterocycles. The van der Waals surface area contributed by atoms with E-state index in [0.717, 1.165) is 0 Å². The van der Waals surface area contributed by atoms with Crippen LogP contribution >= 0.6 is 0 Å². The van der Waals surface area contributed by atoms with Gasteiger partial charge in [0, 0.05) is 24.5 Å². The summed E-state index contributed by atoms with van der Waals surface area (Å²) in [6, 6.07) is 0. The highest BCUT2D eigenvalue weighted by Crippen LogP contribution is 2.22. The molecule has 0 radical (unpaired) electrons. The van der Waals surface area contributed by atoms with Gasteiger partial charge in [-0.3, -0.25) is 28.8 Å². The fourth-order valence-electron chi connectivity index (χ4n) is 3.23. The molecule has 0 heterocycles. The van der Waals surface area contributed by atoms with Crippen molar-refractivity contribution in [2.75, 3.05) is 13.2 Å². The van der Waals surface area contributed by atoms with Gasteiger partial charge in [-0.15, -0.1) is 0 Å². The number of hydrogen-bond donors (Lipinski definition) is 0. The van der Waals surface area contributed by atoms with Gasteiger partial charge < -0.3 is 18.9 Å². The first kappa shape index (κ1) is 28.7. The lowest BCUT2D eigenvalue weighted by Gasteiger charge is -2.07. The minimum atomic E-state index is -0.533. The molecule has 0 bridgehead atoms. The SMILES string of the molecule is CCCC(=O)O[C@H]1C=C(CC(=O)OCC)C(=O)C1.CCOC(=O)CC1=C[C@H](OC(C)=O)CC1=O. The molecule has 0 saturated carbocycles. The highest BCUT2D eigenvalue weighted by molar-refractivity contribution is 6.02. The highest BCUT2D eigenvalue weighted by Gasteiger charge is 2.29. The fourth-order valence-corrected chi connectivity index (χ4v) is 3.23. The van der Waals surface area contributed by atoms with Crippen LogP contribution in [0.1, 0.15) is 66.2 Å². The Hall–Kier alpha value is -3.30. The molecule has 0 aromatic carbocycles. The maximum Gasteiger partial charge on any atom is 0.310 e. The predicted molar refractivity (Wildman–Crippen MR) is 118 cm³/mol. The van der Waals surface area contributed by atoms with Crippen molar-refractivity contribution in [3.05, 3.63) is 23.3 Å². The van der Waals surface area contributed by atoms with Gasteiger partial charge in [0.15, 0.2) is 11.6 Å². The van der Waals surface area contributed by atoms with Crippen LogP contribution in [0.3, 0.4) is 0 Å². The number of hydrogen-bond acceptors (Lipinski definition) is 10. The number of esters is 4. The van der Waals surface area contributed by atoms with E-state index in [-0.39, 0.29) is 56.4 Å². The summed E-state index contributed by atoms with van der Waals surface area (Å²) in [4.78, 5) is 67.4. The van der Waals surface area contributed by atoms with Gasteiger partial charge in [0.25, 0.3) is 0 Å². The standard InChI is InChI=1S/C13H18O5.C11H14O5/c1-3-5-12(15)18-10-6-9(11(14)8-10)7-13(16)17-4-2;1-3-15-11(14)5-8-4-9(6-10(8)13)16-7(2)12/h6,10H,3-5,7-8H2,1-2H3;4,9H,3,5-6H2,1-2H3/t10-;9-/m00/s1. The lowest BCUT2D eigenvalue weighted by Crippen LogP contribution is -2.14. The summed E-state index contributed by atoms with van der Waals surface area (Å²) in [6.45, 7) is 7.14. The number of rotatable bonds is 10. The van der Waals surface area contributed by atoms with Crippen molar-refractivity contribution in [3.8, 4) is 0 Å². The van der Waals surface area contributed by atoms with E-state index in [1.54, 1.807) is 19.9 Å². The van der Waals surface area contributed by atoms with Crippen LogP contribution in [0.15, 0.2) is 23.3 Å². The number of ketones is 2. The summed E-state index contributed by atoms with van der Waals surface area (Å²) >= 11 is 0. The zero-order valence-electron chi connectivity index (χ0n) is 20.0. The van der Waals surface area contributed by atoms with Crippen molar-refractivity contribution >= 4 is 35.4 Å². The van der Waals surface area contributed by atoms with Crippen LogP contribution in [-0.2, 0) is 47.7 Å². The van der Waals surface area contributed by atoms with E-state index in [0.29, 0.717) is 24.0 Å². The van der Waals surface area contributed by atoms with Crippen molar-refractivity contribution in [1.29, 1.82) is 0 Å². The Morgan fingerprint density at radius 1 is 0.765 bits per heavy atom. The first-order chi connectivity index (χ1) is 16.1. The van der Waals surface area contributed by atoms with Gasteiger partial charge in [-0.25, -0.2) is 0 Å². The van der Waals surface area contributed by atoms with E-state index in [1.807, 2.05) is 6.92 Å². The van der Waals surface area contributed by atoms with Gasteiger partial charge in [0.1, 0.15) is 12.2 Å². The van der Waals surface area contributed by atoms with Gasteiger partial charge in [0.05, 0.1) is 38.9 Å². The molecule has 0 aromatic heterocycles. The Morgan fingerprint density at radius 3 is 1.59 bits per heavy atom. The molecule has 0 unspecified atom stereocenters. The molecule has 34 heavy (non-hydrogen) atoms. The number of Topliss-reactive ketones (excluding diaryl/α,β-unsaturated/α-hetero) is 2. The van der Waals surface area contributed by atoms with Crippen molar-refractivity contribution in [2.45, 2.75) is 78.4 Å². The van der Waals surface area contributed by atoms with Crippen LogP contribution in [-0.4, -0.2) is 60.9 Å². The Bertz CT molecular complexity index is 852. The smallest absolute Gasteiger partial charge is 0.310 e. The largest absolute Gasteiger partial charge is 0.466 e. The van der Waals surface area contributed by atoms with E-state index >= 15 is 0 Å². The number of carbonyl (C=O) groups is 6. The molecule has 0 fully saturated rings. The van der Waals surface area contributed by atoms with Crippen molar-refractivity contribution in [1.82, 2.24) is 0 Å². The molecule has 10 nitrogen and oxygen atoms in total. The Kier molecular flexibility index (Phi) is 12.5. The molecule has 2 atom stereocenters. The average Bonchev–Trinajstić information content (AvgIpc) is 3.23. The molecule has 2 aliphatic rings. The first-order valence-corrected chi connectivity index (χ1v) is 11.2. The zero-order valence-corrected chi connectivity index (χ0v) is 20.0. The summed E-state index contributed by atoms with van der Waals surface area (Å²) < 4.78 is 19.5. The molecule has 2 aliphatic carbocycles. The van der Waals surface area contributed by atoms with Gasteiger partial charge in [-0.05, 0) is 32.4 Å². The summed E-state index contributed by atoms with van der Waals surface area (Å²) in [6.07, 6.45) is 3.20. The molecule has 0 aromatic rings. The zero-order chi connectivity index (χ0) is 25.7. The Balaban J connectivity index is 0.000000342. The van der Waals surface area contributed by atoms with Crippen molar-refractivity contribution in [2.24, 2.45) is 0 Å². The maximum absolute atomic E-state index is 11.6. The third-order valence-electron chi connectivity index (χ3n) is 4.60. The van der Waals surface area contributed by atoms with Crippen LogP contribution in [0.25, 0.3) is 0 Å². The molecule has 2 rings (SSSR count). The average molecular weight is 481 g/mol. The Labute approximate surface area is 198 Å². The number of carbonyl (C=O) groups excluding carboxylic acids is 6. The van der Waals surface area contributed by atoms with Gasteiger partial charge in [-0.1, -0.05) is 6.92 Å². The van der Waals surface area contributed by atoms with E-state index < -0.39 is 30.1 Å². The minimum absolute atomic E-state index is 0.0471. The monoisotopic (exact) mass is 480 g/mol. The summed E-state index contributed by atoms with van der Waals surface area (Å²) in [5.41, 5.74) is 0.743. The molecule has 188 valence electrons. The van der Waals surface area contributed by atoms with Gasteiger partial charge in [0.2, 0.25) is 0 Å². The molecule has 0 N–H and O–H groups in total. The first-order valence-electron chi connectivity index (χ1n) is 11.2. The minimum Gasteiger partial charge on any atom is -0.466 e. The third kappa shape index (κ3) is 10.5. The van der Waals surface area contributed by atoms with Crippen molar-refractivity contribution < 1.29 is 47.7 Å². The quantitative estimate of drug-likeness (QED) is 0.338. The highest BCUT2D eigenvalue weighted by atomic mass is 16.6. The molecular formula is C24H32O10. The molecule has 0 amide bonds. The van der Waals surface area contributed by atoms with Crippen LogP contribution in [0.5, 0.6) is 0 Å². The maximum atomic E-state index is 11.6. The molecular weight excluding hydrogens is 448 g/mol. The van der Waals surface area contributed by atoms with Gasteiger partial charge >= 0.3 is 23.9 Å². The molecule has 0 spiro atoms. The van der Waals surface area contributed by atoms with Crippen LogP contribution in [0, 0.1) is 0 Å². The lowest BCUT2D eigenvalue weighted by molar-refractivity contribution is -0.147. The van der Waals surface area contributed by atoms with Crippen LogP contribution in [0.4, 0.5) is 0 Å². The lowest BCUT2D eigenvalue weighted by atomic mass is 10.1. The van der Waals surface area contributed by atoms with E-state index in [9.17, 15) is 28.8 Å². The molecule has 10 heteroatoms. The van der Waals surface area contributed by atoms with Crippen molar-refractivity contribution in [3.63, 3.8) is 0 Å². The predicted octanol–water partition coefficient (Wildman–Crippen LogP) is 2.32. The summed E-state index contributed by atoms with van der Waals surface area (Å²) in [5, 5.41) is 0. The second kappa shape index (κ2) is 14.8. The van der Waals surface area contributed by atoms with Crippen LogP contribution in [0.2, 0.25) is 0 Å². The second-order valence-electron chi connectivity index (χ2n) is 7.53. The summed E-state index contributed by atoms with van der Waals surface area (Å²) in [7, 11) is 0. The fraction of sp³-hybridized carbons (Fsp3) is 0.583. The normalized spacial score (nSPS) is 18.8. The van der Waals surface area contributed by atoms with E-state index in [4.69, 9.17) is 18.9 Å². The van der Waals surface area contributed by atoms with E-state index in [1.165, 1.54) is 13.0 Å². The Morgan fingerprint density at radius 2 is 1.21 bits per heavy atom. The van der Waals surface area contributed by atoms with Crippen LogP contribution < -0.4 is 0 Å².